The van der Waals surface area contributed by atoms with Crippen LogP contribution in [0.5, 0.6) is 0 Å². The Kier molecular flexibility index (Phi) is 4.99. The zero-order valence-electron chi connectivity index (χ0n) is 13.3. The van der Waals surface area contributed by atoms with E-state index in [1.54, 1.807) is 12.1 Å². The summed E-state index contributed by atoms with van der Waals surface area (Å²) in [5, 5.41) is 0.525. The van der Waals surface area contributed by atoms with Gasteiger partial charge in [-0.3, -0.25) is 9.69 Å². The van der Waals surface area contributed by atoms with Crippen LogP contribution in [0.15, 0.2) is 54.6 Å². The van der Waals surface area contributed by atoms with Crippen LogP contribution in [0, 0.1) is 0 Å². The predicted octanol–water partition coefficient (Wildman–Crippen LogP) is 3.69. The third-order valence-corrected chi connectivity index (χ3v) is 4.71. The molecule has 0 aliphatic carbocycles. The fourth-order valence-electron chi connectivity index (χ4n) is 3.04. The van der Waals surface area contributed by atoms with Crippen molar-refractivity contribution in [2.75, 3.05) is 19.6 Å². The van der Waals surface area contributed by atoms with Crippen molar-refractivity contribution in [1.82, 2.24) is 9.80 Å². The molecule has 1 aliphatic rings. The van der Waals surface area contributed by atoms with Crippen LogP contribution >= 0.6 is 11.6 Å². The van der Waals surface area contributed by atoms with Crippen molar-refractivity contribution in [3.05, 3.63) is 70.7 Å². The Labute approximate surface area is 142 Å². The minimum absolute atomic E-state index is 0.0295. The number of carbonyl (C=O) groups excluding carboxylic acids is 1. The van der Waals surface area contributed by atoms with Gasteiger partial charge in [-0.15, -0.1) is 0 Å². The Balaban J connectivity index is 1.64. The zero-order valence-corrected chi connectivity index (χ0v) is 14.0. The molecule has 0 saturated carbocycles. The van der Waals surface area contributed by atoms with Gasteiger partial charge in [0.2, 0.25) is 0 Å². The minimum Gasteiger partial charge on any atom is -0.336 e. The number of hydrogen-bond donors (Lipinski definition) is 0. The number of rotatable bonds is 3. The maximum absolute atomic E-state index is 12.7. The molecule has 0 N–H and O–H groups in total. The largest absolute Gasteiger partial charge is 0.336 e. The summed E-state index contributed by atoms with van der Waals surface area (Å²) in [6.45, 7) is 5.45. The van der Waals surface area contributed by atoms with Gasteiger partial charge in [0, 0.05) is 32.2 Å². The van der Waals surface area contributed by atoms with Crippen molar-refractivity contribution in [2.24, 2.45) is 0 Å². The fraction of sp³-hybridized carbons (Fsp3) is 0.316. The van der Waals surface area contributed by atoms with Crippen molar-refractivity contribution in [3.8, 4) is 0 Å². The van der Waals surface area contributed by atoms with E-state index in [1.807, 2.05) is 23.1 Å². The van der Waals surface area contributed by atoms with Gasteiger partial charge < -0.3 is 4.90 Å². The molecular weight excluding hydrogens is 308 g/mol. The van der Waals surface area contributed by atoms with Crippen LogP contribution < -0.4 is 0 Å². The van der Waals surface area contributed by atoms with Gasteiger partial charge in [0.1, 0.15) is 0 Å². The van der Waals surface area contributed by atoms with Crippen molar-refractivity contribution in [3.63, 3.8) is 0 Å². The number of amides is 1. The molecule has 1 aliphatic heterocycles. The smallest absolute Gasteiger partial charge is 0.255 e. The number of carbonyl (C=O) groups is 1. The van der Waals surface area contributed by atoms with Crippen LogP contribution in [-0.4, -0.2) is 41.4 Å². The zero-order chi connectivity index (χ0) is 16.2. The highest BCUT2D eigenvalue weighted by Gasteiger charge is 2.27. The highest BCUT2D eigenvalue weighted by atomic mass is 35.5. The normalized spacial score (nSPS) is 18.9. The molecule has 1 saturated heterocycles. The maximum atomic E-state index is 12.7. The van der Waals surface area contributed by atoms with Crippen molar-refractivity contribution in [2.45, 2.75) is 19.5 Å². The summed E-state index contributed by atoms with van der Waals surface area (Å²) in [5.41, 5.74) is 1.91. The molecule has 0 bridgehead atoms. The van der Waals surface area contributed by atoms with Crippen molar-refractivity contribution in [1.29, 1.82) is 0 Å². The average Bonchev–Trinajstić information content (AvgIpc) is 2.57. The monoisotopic (exact) mass is 328 g/mol. The summed E-state index contributed by atoms with van der Waals surface area (Å²) in [7, 11) is 0. The average molecular weight is 329 g/mol. The minimum atomic E-state index is 0.0295. The Bertz CT molecular complexity index is 674. The Morgan fingerprint density at radius 3 is 2.48 bits per heavy atom. The molecule has 1 heterocycles. The van der Waals surface area contributed by atoms with E-state index in [0.29, 0.717) is 16.6 Å². The third kappa shape index (κ3) is 3.74. The molecule has 2 aromatic carbocycles. The van der Waals surface area contributed by atoms with Crippen LogP contribution in [0.2, 0.25) is 5.02 Å². The van der Waals surface area contributed by atoms with E-state index in [2.05, 4.69) is 36.1 Å². The molecule has 120 valence electrons. The molecule has 1 atom stereocenters. The highest BCUT2D eigenvalue weighted by Crippen LogP contribution is 2.20. The second-order valence-electron chi connectivity index (χ2n) is 6.04. The summed E-state index contributed by atoms with van der Waals surface area (Å²) < 4.78 is 0. The van der Waals surface area contributed by atoms with Crippen LogP contribution in [-0.2, 0) is 6.54 Å². The topological polar surface area (TPSA) is 23.6 Å². The van der Waals surface area contributed by atoms with Crippen LogP contribution in [0.4, 0.5) is 0 Å². The third-order valence-electron chi connectivity index (χ3n) is 4.39. The quantitative estimate of drug-likeness (QED) is 0.858. The lowest BCUT2D eigenvalue weighted by molar-refractivity contribution is 0.0495. The van der Waals surface area contributed by atoms with E-state index >= 15 is 0 Å². The van der Waals surface area contributed by atoms with E-state index in [1.165, 1.54) is 5.56 Å². The van der Waals surface area contributed by atoms with Gasteiger partial charge in [-0.25, -0.2) is 0 Å². The van der Waals surface area contributed by atoms with Gasteiger partial charge in [0.05, 0.1) is 10.6 Å². The summed E-state index contributed by atoms with van der Waals surface area (Å²) >= 11 is 6.15. The number of hydrogen-bond acceptors (Lipinski definition) is 2. The molecule has 0 radical (unpaired) electrons. The number of piperazine rings is 1. The van der Waals surface area contributed by atoms with Gasteiger partial charge >= 0.3 is 0 Å². The molecule has 4 heteroatoms. The number of benzene rings is 2. The highest BCUT2D eigenvalue weighted by molar-refractivity contribution is 6.33. The van der Waals surface area contributed by atoms with Crippen LogP contribution in [0.1, 0.15) is 22.8 Å². The van der Waals surface area contributed by atoms with Gasteiger partial charge in [0.25, 0.3) is 5.91 Å². The van der Waals surface area contributed by atoms with E-state index in [4.69, 9.17) is 11.6 Å². The molecule has 1 fully saturated rings. The van der Waals surface area contributed by atoms with Gasteiger partial charge in [0.15, 0.2) is 0 Å². The lowest BCUT2D eigenvalue weighted by Gasteiger charge is -2.40. The van der Waals surface area contributed by atoms with Crippen LogP contribution in [0.3, 0.4) is 0 Å². The fourth-order valence-corrected chi connectivity index (χ4v) is 3.25. The molecule has 1 unspecified atom stereocenters. The molecule has 2 aromatic rings. The van der Waals surface area contributed by atoms with E-state index < -0.39 is 0 Å². The first-order valence-corrected chi connectivity index (χ1v) is 8.34. The molecule has 0 spiro atoms. The first-order chi connectivity index (χ1) is 11.1. The van der Waals surface area contributed by atoms with Crippen molar-refractivity contribution < 1.29 is 4.79 Å². The van der Waals surface area contributed by atoms with E-state index in [0.717, 1.165) is 26.2 Å². The lowest BCUT2D eigenvalue weighted by Crippen LogP contribution is -2.53. The number of nitrogens with zero attached hydrogens (tertiary/aromatic N) is 2. The second kappa shape index (κ2) is 7.16. The summed E-state index contributed by atoms with van der Waals surface area (Å²) in [4.78, 5) is 17.0. The Morgan fingerprint density at radius 1 is 1.09 bits per heavy atom. The SMILES string of the molecule is CC1CN(C(=O)c2ccccc2Cl)CCN1Cc1ccccc1. The second-order valence-corrected chi connectivity index (χ2v) is 6.44. The standard InChI is InChI=1S/C19H21ClN2O/c1-15-13-22(19(23)17-9-5-6-10-18(17)20)12-11-21(15)14-16-7-3-2-4-8-16/h2-10,15H,11-14H2,1H3. The summed E-state index contributed by atoms with van der Waals surface area (Å²) in [5.74, 6) is 0.0295. The molecule has 23 heavy (non-hydrogen) atoms. The number of halogens is 1. The van der Waals surface area contributed by atoms with Gasteiger partial charge in [-0.1, -0.05) is 54.1 Å². The first-order valence-electron chi connectivity index (χ1n) is 7.97. The summed E-state index contributed by atoms with van der Waals surface area (Å²) in [6.07, 6.45) is 0. The van der Waals surface area contributed by atoms with E-state index in [9.17, 15) is 4.79 Å². The van der Waals surface area contributed by atoms with Crippen molar-refractivity contribution >= 4 is 17.5 Å². The predicted molar refractivity (Wildman–Crippen MR) is 93.7 cm³/mol. The Morgan fingerprint density at radius 2 is 1.78 bits per heavy atom. The molecule has 0 aromatic heterocycles. The maximum Gasteiger partial charge on any atom is 0.255 e. The first kappa shape index (κ1) is 16.0. The van der Waals surface area contributed by atoms with E-state index in [-0.39, 0.29) is 5.91 Å². The van der Waals surface area contributed by atoms with Gasteiger partial charge in [-0.2, -0.15) is 0 Å². The van der Waals surface area contributed by atoms with Gasteiger partial charge in [-0.05, 0) is 24.6 Å². The Hall–Kier alpha value is -1.84. The molecule has 3 rings (SSSR count). The molecule has 1 amide bonds. The molecule has 3 nitrogen and oxygen atoms in total. The van der Waals surface area contributed by atoms with Crippen LogP contribution in [0.25, 0.3) is 0 Å². The molecular formula is C19H21ClN2O. The summed E-state index contributed by atoms with van der Waals surface area (Å²) in [6, 6.07) is 18.1. The lowest BCUT2D eigenvalue weighted by atomic mass is 10.1.